The number of carbonyl (C=O) groups excluding carboxylic acids is 2. The molecule has 0 aromatic heterocycles. The lowest BCUT2D eigenvalue weighted by atomic mass is 10.1. The zero-order valence-corrected chi connectivity index (χ0v) is 12.9. The summed E-state index contributed by atoms with van der Waals surface area (Å²) in [5.74, 6) is 0.383. The molecule has 2 amide bonds. The quantitative estimate of drug-likeness (QED) is 0.795. The molecular formula is C19H17NO3. The van der Waals surface area contributed by atoms with Crippen molar-refractivity contribution in [3.8, 4) is 5.75 Å². The van der Waals surface area contributed by atoms with Crippen molar-refractivity contribution in [1.29, 1.82) is 0 Å². The van der Waals surface area contributed by atoms with E-state index in [1.807, 2.05) is 36.4 Å². The van der Waals surface area contributed by atoms with Crippen molar-refractivity contribution in [2.24, 2.45) is 0 Å². The summed E-state index contributed by atoms with van der Waals surface area (Å²) in [7, 11) is 1.63. The molecule has 0 saturated carbocycles. The molecule has 1 aliphatic rings. The summed E-state index contributed by atoms with van der Waals surface area (Å²) in [4.78, 5) is 25.7. The third-order valence-electron chi connectivity index (χ3n) is 3.80. The Balaban J connectivity index is 1.62. The first-order chi connectivity index (χ1) is 11.2. The first-order valence-electron chi connectivity index (χ1n) is 7.46. The maximum atomic E-state index is 12.2. The van der Waals surface area contributed by atoms with E-state index in [9.17, 15) is 9.59 Å². The lowest BCUT2D eigenvalue weighted by molar-refractivity contribution is 0.0657. The highest BCUT2D eigenvalue weighted by molar-refractivity contribution is 6.21. The number of benzene rings is 2. The van der Waals surface area contributed by atoms with Gasteiger partial charge in [-0.3, -0.25) is 14.5 Å². The largest absolute Gasteiger partial charge is 0.497 e. The molecule has 0 bridgehead atoms. The standard InChI is InChI=1S/C19H17NO3/c1-23-15-9-6-8-14(13-15)7-4-5-12-20-18(21)16-10-2-3-11-17(16)19(20)22/h2-4,6-11,13H,5,12H2,1H3/b7-4+. The van der Waals surface area contributed by atoms with Crippen molar-refractivity contribution in [3.05, 3.63) is 71.3 Å². The van der Waals surface area contributed by atoms with E-state index in [1.54, 1.807) is 31.4 Å². The number of imide groups is 1. The lowest BCUT2D eigenvalue weighted by Gasteiger charge is -2.11. The van der Waals surface area contributed by atoms with Crippen LogP contribution in [0.1, 0.15) is 32.7 Å². The lowest BCUT2D eigenvalue weighted by Crippen LogP contribution is -2.30. The first kappa shape index (κ1) is 15.0. The minimum absolute atomic E-state index is 0.208. The predicted molar refractivity (Wildman–Crippen MR) is 88.5 cm³/mol. The van der Waals surface area contributed by atoms with E-state index in [2.05, 4.69) is 0 Å². The fourth-order valence-corrected chi connectivity index (χ4v) is 2.61. The van der Waals surface area contributed by atoms with Crippen LogP contribution in [0.15, 0.2) is 54.6 Å². The number of fused-ring (bicyclic) bond motifs is 1. The molecule has 0 saturated heterocycles. The van der Waals surface area contributed by atoms with Gasteiger partial charge in [-0.2, -0.15) is 0 Å². The van der Waals surface area contributed by atoms with Crippen molar-refractivity contribution in [3.63, 3.8) is 0 Å². The van der Waals surface area contributed by atoms with Crippen molar-refractivity contribution in [2.75, 3.05) is 13.7 Å². The van der Waals surface area contributed by atoms with Crippen LogP contribution in [0.5, 0.6) is 5.75 Å². The second-order valence-corrected chi connectivity index (χ2v) is 5.28. The van der Waals surface area contributed by atoms with Crippen LogP contribution in [-0.4, -0.2) is 30.4 Å². The molecule has 2 aromatic rings. The van der Waals surface area contributed by atoms with E-state index in [4.69, 9.17) is 4.74 Å². The SMILES string of the molecule is COc1cccc(/C=C/CCN2C(=O)c3ccccc3C2=O)c1. The number of rotatable bonds is 5. The molecule has 0 radical (unpaired) electrons. The molecule has 2 aromatic carbocycles. The molecule has 116 valence electrons. The Hall–Kier alpha value is -2.88. The van der Waals surface area contributed by atoms with Gasteiger partial charge in [-0.15, -0.1) is 0 Å². The topological polar surface area (TPSA) is 46.6 Å². The van der Waals surface area contributed by atoms with Crippen molar-refractivity contribution >= 4 is 17.9 Å². The van der Waals surface area contributed by atoms with E-state index in [0.717, 1.165) is 11.3 Å². The van der Waals surface area contributed by atoms with E-state index in [0.29, 0.717) is 24.1 Å². The van der Waals surface area contributed by atoms with Crippen LogP contribution >= 0.6 is 0 Å². The Morgan fingerprint density at radius 1 is 1.00 bits per heavy atom. The molecule has 4 nitrogen and oxygen atoms in total. The van der Waals surface area contributed by atoms with Gasteiger partial charge in [0.15, 0.2) is 0 Å². The summed E-state index contributed by atoms with van der Waals surface area (Å²) in [5, 5.41) is 0. The van der Waals surface area contributed by atoms with E-state index >= 15 is 0 Å². The Bertz CT molecular complexity index is 745. The maximum Gasteiger partial charge on any atom is 0.261 e. The van der Waals surface area contributed by atoms with Crippen LogP contribution in [0.2, 0.25) is 0 Å². The molecule has 0 aliphatic carbocycles. The predicted octanol–water partition coefficient (Wildman–Crippen LogP) is 3.39. The molecule has 0 unspecified atom stereocenters. The van der Waals surface area contributed by atoms with Gasteiger partial charge in [-0.25, -0.2) is 0 Å². The summed E-state index contributed by atoms with van der Waals surface area (Å²) < 4.78 is 5.17. The molecule has 1 aliphatic heterocycles. The van der Waals surface area contributed by atoms with Crippen LogP contribution in [-0.2, 0) is 0 Å². The highest BCUT2D eigenvalue weighted by Gasteiger charge is 2.34. The van der Waals surface area contributed by atoms with Gasteiger partial charge in [0, 0.05) is 6.54 Å². The van der Waals surface area contributed by atoms with Gasteiger partial charge >= 0.3 is 0 Å². The van der Waals surface area contributed by atoms with E-state index < -0.39 is 0 Å². The smallest absolute Gasteiger partial charge is 0.261 e. The number of hydrogen-bond acceptors (Lipinski definition) is 3. The molecule has 3 rings (SSSR count). The van der Waals surface area contributed by atoms with Crippen molar-refractivity contribution < 1.29 is 14.3 Å². The number of nitrogens with zero attached hydrogens (tertiary/aromatic N) is 1. The summed E-state index contributed by atoms with van der Waals surface area (Å²) >= 11 is 0. The summed E-state index contributed by atoms with van der Waals surface area (Å²) in [5.41, 5.74) is 2.01. The molecule has 4 heteroatoms. The fraction of sp³-hybridized carbons (Fsp3) is 0.158. The van der Waals surface area contributed by atoms with E-state index in [-0.39, 0.29) is 11.8 Å². The van der Waals surface area contributed by atoms with Crippen molar-refractivity contribution in [2.45, 2.75) is 6.42 Å². The Morgan fingerprint density at radius 3 is 2.35 bits per heavy atom. The van der Waals surface area contributed by atoms with Crippen LogP contribution < -0.4 is 4.74 Å². The summed E-state index contributed by atoms with van der Waals surface area (Å²) in [6, 6.07) is 14.6. The number of amides is 2. The van der Waals surface area contributed by atoms with Crippen LogP contribution in [0.4, 0.5) is 0 Å². The molecule has 1 heterocycles. The Kier molecular flexibility index (Phi) is 4.24. The number of methoxy groups -OCH3 is 1. The molecule has 0 spiro atoms. The van der Waals surface area contributed by atoms with Gasteiger partial charge in [-0.05, 0) is 36.2 Å². The molecule has 0 fully saturated rings. The third-order valence-corrected chi connectivity index (χ3v) is 3.80. The summed E-state index contributed by atoms with van der Waals surface area (Å²) in [6.07, 6.45) is 4.53. The highest BCUT2D eigenvalue weighted by Crippen LogP contribution is 2.22. The first-order valence-corrected chi connectivity index (χ1v) is 7.46. The normalized spacial score (nSPS) is 13.7. The minimum Gasteiger partial charge on any atom is -0.497 e. The second-order valence-electron chi connectivity index (χ2n) is 5.28. The molecule has 23 heavy (non-hydrogen) atoms. The number of hydrogen-bond donors (Lipinski definition) is 0. The van der Waals surface area contributed by atoms with E-state index in [1.165, 1.54) is 4.90 Å². The average Bonchev–Trinajstić information content (AvgIpc) is 2.84. The van der Waals surface area contributed by atoms with Gasteiger partial charge in [0.05, 0.1) is 18.2 Å². The van der Waals surface area contributed by atoms with Gasteiger partial charge in [0.2, 0.25) is 0 Å². The third kappa shape index (κ3) is 3.01. The van der Waals surface area contributed by atoms with Crippen LogP contribution in [0, 0.1) is 0 Å². The number of ether oxygens (including phenoxy) is 1. The Morgan fingerprint density at radius 2 is 1.70 bits per heavy atom. The zero-order chi connectivity index (χ0) is 16.2. The van der Waals surface area contributed by atoms with Crippen LogP contribution in [0.3, 0.4) is 0 Å². The summed E-state index contributed by atoms with van der Waals surface area (Å²) in [6.45, 7) is 0.382. The van der Waals surface area contributed by atoms with Crippen LogP contribution in [0.25, 0.3) is 6.08 Å². The van der Waals surface area contributed by atoms with Gasteiger partial charge in [0.1, 0.15) is 5.75 Å². The Labute approximate surface area is 135 Å². The minimum atomic E-state index is -0.208. The zero-order valence-electron chi connectivity index (χ0n) is 12.9. The average molecular weight is 307 g/mol. The highest BCUT2D eigenvalue weighted by atomic mass is 16.5. The van der Waals surface area contributed by atoms with Gasteiger partial charge in [0.25, 0.3) is 11.8 Å². The van der Waals surface area contributed by atoms with Crippen molar-refractivity contribution in [1.82, 2.24) is 4.90 Å². The molecular weight excluding hydrogens is 290 g/mol. The fourth-order valence-electron chi connectivity index (χ4n) is 2.61. The number of carbonyl (C=O) groups is 2. The van der Waals surface area contributed by atoms with Gasteiger partial charge in [-0.1, -0.05) is 36.4 Å². The van der Waals surface area contributed by atoms with Gasteiger partial charge < -0.3 is 4.74 Å². The maximum absolute atomic E-state index is 12.2. The molecule has 0 N–H and O–H groups in total. The monoisotopic (exact) mass is 307 g/mol. The second kappa shape index (κ2) is 6.48. The molecule has 0 atom stereocenters.